The van der Waals surface area contributed by atoms with E-state index in [0.717, 1.165) is 12.1 Å². The minimum Gasteiger partial charge on any atom is -0.468 e. The maximum atomic E-state index is 13.3. The van der Waals surface area contributed by atoms with Gasteiger partial charge < -0.3 is 18.8 Å². The predicted molar refractivity (Wildman–Crippen MR) is 131 cm³/mol. The number of sulfonamides is 1. The molecule has 1 amide bonds. The topological polar surface area (TPSA) is 115 Å². The third-order valence-corrected chi connectivity index (χ3v) is 7.60. The van der Waals surface area contributed by atoms with E-state index in [1.165, 1.54) is 6.26 Å². The number of furan rings is 1. The lowest BCUT2D eigenvalue weighted by atomic mass is 10.1. The maximum absolute atomic E-state index is 13.3. The summed E-state index contributed by atoms with van der Waals surface area (Å²) in [5.41, 5.74) is 0.204. The first-order valence-corrected chi connectivity index (χ1v) is 13.1. The summed E-state index contributed by atoms with van der Waals surface area (Å²) in [5, 5.41) is -0.312. The average molecular weight is 553 g/mol. The number of morpholine rings is 1. The lowest BCUT2D eigenvalue weighted by Gasteiger charge is -2.30. The van der Waals surface area contributed by atoms with Gasteiger partial charge in [0, 0.05) is 18.7 Å². The Bertz CT molecular complexity index is 1330. The summed E-state index contributed by atoms with van der Waals surface area (Å²) in [6.45, 7) is 1.32. The van der Waals surface area contributed by atoms with Gasteiger partial charge in [-0.05, 0) is 24.3 Å². The molecule has 12 heteroatoms. The van der Waals surface area contributed by atoms with E-state index in [1.807, 2.05) is 0 Å². The quantitative estimate of drug-likeness (QED) is 0.422. The van der Waals surface area contributed by atoms with Crippen LogP contribution in [0, 0.1) is 0 Å². The van der Waals surface area contributed by atoms with Crippen LogP contribution in [0.4, 0.5) is 0 Å². The number of benzene rings is 2. The fourth-order valence-corrected chi connectivity index (χ4v) is 5.40. The molecule has 1 atom stereocenters. The molecule has 1 aromatic heterocycles. The molecule has 4 rings (SSSR count). The molecule has 1 saturated heterocycles. The van der Waals surface area contributed by atoms with E-state index in [4.69, 9.17) is 37.1 Å². The van der Waals surface area contributed by atoms with E-state index in [2.05, 4.69) is 4.72 Å². The van der Waals surface area contributed by atoms with E-state index < -0.39 is 28.0 Å². The van der Waals surface area contributed by atoms with E-state index in [0.29, 0.717) is 37.6 Å². The molecule has 190 valence electrons. The zero-order valence-electron chi connectivity index (χ0n) is 18.9. The minimum atomic E-state index is -4.15. The van der Waals surface area contributed by atoms with Crippen molar-refractivity contribution in [2.24, 2.45) is 0 Å². The van der Waals surface area contributed by atoms with Crippen molar-refractivity contribution in [2.75, 3.05) is 26.3 Å². The largest absolute Gasteiger partial charge is 0.468 e. The zero-order valence-corrected chi connectivity index (χ0v) is 21.2. The molecule has 9 nitrogen and oxygen atoms in total. The van der Waals surface area contributed by atoms with E-state index in [-0.39, 0.29) is 27.0 Å². The summed E-state index contributed by atoms with van der Waals surface area (Å²) >= 11 is 12.4. The Hall–Kier alpha value is -2.89. The molecule has 1 aliphatic heterocycles. The van der Waals surface area contributed by atoms with Crippen molar-refractivity contribution in [1.82, 2.24) is 9.62 Å². The van der Waals surface area contributed by atoms with Gasteiger partial charge in [-0.25, -0.2) is 17.9 Å². The molecule has 2 heterocycles. The Labute approximate surface area is 217 Å². The number of carbonyl (C=O) groups excluding carboxylic acids is 2. The van der Waals surface area contributed by atoms with Crippen molar-refractivity contribution in [2.45, 2.75) is 17.5 Å². The Morgan fingerprint density at radius 1 is 1.03 bits per heavy atom. The highest BCUT2D eigenvalue weighted by atomic mass is 35.5. The number of nitrogens with zero attached hydrogens (tertiary/aromatic N) is 1. The third kappa shape index (κ3) is 6.08. The van der Waals surface area contributed by atoms with Gasteiger partial charge in [0.1, 0.15) is 10.7 Å². The summed E-state index contributed by atoms with van der Waals surface area (Å²) < 4.78 is 44.2. The SMILES string of the molecule is O=C(O[C@@H](C(=O)N1CCOCC1)c1ccccc1)c1cc(S(=O)(=O)NCc2ccco2)c(Cl)cc1Cl. The summed E-state index contributed by atoms with van der Waals surface area (Å²) in [5.74, 6) is -1.01. The van der Waals surface area contributed by atoms with Crippen molar-refractivity contribution in [3.63, 3.8) is 0 Å². The molecule has 36 heavy (non-hydrogen) atoms. The van der Waals surface area contributed by atoms with Gasteiger partial charge >= 0.3 is 5.97 Å². The van der Waals surface area contributed by atoms with Crippen LogP contribution in [-0.4, -0.2) is 51.5 Å². The Morgan fingerprint density at radius 3 is 2.42 bits per heavy atom. The number of hydrogen-bond acceptors (Lipinski definition) is 7. The number of esters is 1. The number of halogens is 2. The standard InChI is InChI=1S/C24H22Cl2N2O7S/c25-19-14-20(26)21(36(31,32)27-15-17-7-4-10-34-17)13-18(19)24(30)35-22(16-5-2-1-3-6-16)23(29)28-8-11-33-12-9-28/h1-7,10,13-14,22,27H,8-9,11-12,15H2/t22-/m1/s1. The van der Waals surface area contributed by atoms with E-state index in [9.17, 15) is 18.0 Å². The Morgan fingerprint density at radius 2 is 1.75 bits per heavy atom. The lowest BCUT2D eigenvalue weighted by molar-refractivity contribution is -0.145. The van der Waals surface area contributed by atoms with Crippen LogP contribution in [0.3, 0.4) is 0 Å². The Balaban J connectivity index is 1.61. The molecular formula is C24H22Cl2N2O7S. The van der Waals surface area contributed by atoms with Gasteiger partial charge in [0.2, 0.25) is 16.1 Å². The van der Waals surface area contributed by atoms with Gasteiger partial charge in [0.25, 0.3) is 5.91 Å². The number of nitrogens with one attached hydrogen (secondary N) is 1. The van der Waals surface area contributed by atoms with Gasteiger partial charge in [-0.3, -0.25) is 4.79 Å². The highest BCUT2D eigenvalue weighted by Crippen LogP contribution is 2.31. The molecule has 0 unspecified atom stereocenters. The number of carbonyl (C=O) groups is 2. The molecule has 1 aliphatic rings. The van der Waals surface area contributed by atoms with Crippen LogP contribution in [0.1, 0.15) is 27.8 Å². The molecule has 3 aromatic rings. The van der Waals surface area contributed by atoms with Crippen molar-refractivity contribution in [3.05, 3.63) is 87.8 Å². The third-order valence-electron chi connectivity index (χ3n) is 5.42. The first-order chi connectivity index (χ1) is 17.3. The monoisotopic (exact) mass is 552 g/mol. The van der Waals surface area contributed by atoms with Gasteiger partial charge in [-0.2, -0.15) is 0 Å². The Kier molecular flexibility index (Phi) is 8.32. The molecule has 1 N–H and O–H groups in total. The van der Waals surface area contributed by atoms with Crippen LogP contribution in [-0.2, 0) is 30.8 Å². The predicted octanol–water partition coefficient (Wildman–Crippen LogP) is 3.82. The highest BCUT2D eigenvalue weighted by Gasteiger charge is 2.32. The van der Waals surface area contributed by atoms with E-state index >= 15 is 0 Å². The van der Waals surface area contributed by atoms with Crippen molar-refractivity contribution in [1.29, 1.82) is 0 Å². The fraction of sp³-hybridized carbons (Fsp3) is 0.250. The number of ether oxygens (including phenoxy) is 2. The second-order valence-corrected chi connectivity index (χ2v) is 10.3. The van der Waals surface area contributed by atoms with Crippen LogP contribution < -0.4 is 4.72 Å². The van der Waals surface area contributed by atoms with Crippen LogP contribution in [0.2, 0.25) is 10.0 Å². The normalized spacial score (nSPS) is 14.9. The molecule has 0 bridgehead atoms. The summed E-state index contributed by atoms with van der Waals surface area (Å²) in [6.07, 6.45) is 0.148. The first kappa shape index (κ1) is 26.2. The smallest absolute Gasteiger partial charge is 0.340 e. The minimum absolute atomic E-state index is 0.124. The molecular weight excluding hydrogens is 531 g/mol. The summed E-state index contributed by atoms with van der Waals surface area (Å²) in [7, 11) is -4.15. The maximum Gasteiger partial charge on any atom is 0.340 e. The second kappa shape index (κ2) is 11.4. The number of hydrogen-bond donors (Lipinski definition) is 1. The van der Waals surface area contributed by atoms with Crippen molar-refractivity contribution < 1.29 is 31.9 Å². The highest BCUT2D eigenvalue weighted by molar-refractivity contribution is 7.89. The second-order valence-electron chi connectivity index (χ2n) is 7.80. The fourth-order valence-electron chi connectivity index (χ4n) is 3.56. The molecule has 0 aliphatic carbocycles. The van der Waals surface area contributed by atoms with Gasteiger partial charge in [0.05, 0.1) is 41.6 Å². The zero-order chi connectivity index (χ0) is 25.7. The van der Waals surface area contributed by atoms with Gasteiger partial charge in [0.15, 0.2) is 0 Å². The van der Waals surface area contributed by atoms with E-state index in [1.54, 1.807) is 47.4 Å². The number of rotatable bonds is 8. The van der Waals surface area contributed by atoms with Crippen LogP contribution in [0.5, 0.6) is 0 Å². The number of amides is 1. The van der Waals surface area contributed by atoms with Crippen molar-refractivity contribution >= 4 is 45.1 Å². The summed E-state index contributed by atoms with van der Waals surface area (Å²) in [4.78, 5) is 27.6. The molecule has 2 aromatic carbocycles. The van der Waals surface area contributed by atoms with Gasteiger partial charge in [-0.1, -0.05) is 53.5 Å². The lowest BCUT2D eigenvalue weighted by Crippen LogP contribution is -2.44. The molecule has 0 saturated carbocycles. The van der Waals surface area contributed by atoms with Crippen LogP contribution in [0.15, 0.2) is 70.2 Å². The first-order valence-electron chi connectivity index (χ1n) is 10.9. The molecule has 0 spiro atoms. The van der Waals surface area contributed by atoms with Crippen LogP contribution in [0.25, 0.3) is 0 Å². The molecule has 0 radical (unpaired) electrons. The average Bonchev–Trinajstić information content (AvgIpc) is 3.40. The van der Waals surface area contributed by atoms with Crippen molar-refractivity contribution in [3.8, 4) is 0 Å². The van der Waals surface area contributed by atoms with Crippen LogP contribution >= 0.6 is 23.2 Å². The summed E-state index contributed by atoms with van der Waals surface area (Å²) in [6, 6.07) is 13.9. The molecule has 1 fully saturated rings. The van der Waals surface area contributed by atoms with Gasteiger partial charge in [-0.15, -0.1) is 0 Å².